The van der Waals surface area contributed by atoms with Gasteiger partial charge in [-0.25, -0.2) is 0 Å². The Morgan fingerprint density at radius 3 is 2.14 bits per heavy atom. The second kappa shape index (κ2) is 4.18. The van der Waals surface area contributed by atoms with Crippen LogP contribution in [0.5, 0.6) is 0 Å². The van der Waals surface area contributed by atoms with Crippen LogP contribution in [0.4, 0.5) is 0 Å². The first-order valence-corrected chi connectivity index (χ1v) is 8.41. The van der Waals surface area contributed by atoms with Crippen LogP contribution in [0.2, 0.25) is 0 Å². The molecule has 4 nitrogen and oxygen atoms in total. The predicted molar refractivity (Wildman–Crippen MR) is 84.5 cm³/mol. The molecule has 21 heavy (non-hydrogen) atoms. The van der Waals surface area contributed by atoms with E-state index in [0.29, 0.717) is 39.2 Å². The van der Waals surface area contributed by atoms with Gasteiger partial charge in [-0.15, -0.1) is 11.3 Å². The van der Waals surface area contributed by atoms with Crippen LogP contribution in [0.1, 0.15) is 43.6 Å². The van der Waals surface area contributed by atoms with Crippen molar-refractivity contribution in [2.75, 3.05) is 0 Å². The van der Waals surface area contributed by atoms with E-state index in [1.54, 1.807) is 13.8 Å². The lowest BCUT2D eigenvalue weighted by molar-refractivity contribution is 0.0962. The van der Waals surface area contributed by atoms with Crippen LogP contribution >= 0.6 is 43.2 Å². The van der Waals surface area contributed by atoms with Gasteiger partial charge in [0.1, 0.15) is 15.3 Å². The van der Waals surface area contributed by atoms with Crippen molar-refractivity contribution in [3.63, 3.8) is 0 Å². The highest BCUT2D eigenvalue weighted by atomic mass is 79.9. The van der Waals surface area contributed by atoms with Gasteiger partial charge in [0.2, 0.25) is 11.6 Å². The van der Waals surface area contributed by atoms with Crippen molar-refractivity contribution in [2.24, 2.45) is 0 Å². The first-order chi connectivity index (χ1) is 9.91. The molecule has 0 atom stereocenters. The number of ketones is 2. The number of carbonyl (C=O) groups excluding carboxylic acids is 2. The molecule has 0 amide bonds. The lowest BCUT2D eigenvalue weighted by atomic mass is 9.88. The van der Waals surface area contributed by atoms with E-state index in [2.05, 4.69) is 31.9 Å². The topological polar surface area (TPSA) is 60.4 Å². The smallest absolute Gasteiger partial charge is 0.233 e. The summed E-state index contributed by atoms with van der Waals surface area (Å²) in [6, 6.07) is 0. The van der Waals surface area contributed by atoms with Crippen molar-refractivity contribution in [1.29, 1.82) is 0 Å². The van der Waals surface area contributed by atoms with Crippen molar-refractivity contribution in [3.05, 3.63) is 41.5 Å². The zero-order chi connectivity index (χ0) is 15.0. The van der Waals surface area contributed by atoms with E-state index in [0.717, 1.165) is 7.57 Å². The minimum absolute atomic E-state index is 0.0931. The summed E-state index contributed by atoms with van der Waals surface area (Å²) in [6.07, 6.45) is 0. The zero-order valence-electron chi connectivity index (χ0n) is 10.8. The average Bonchev–Trinajstić information content (AvgIpc) is 3.01. The maximum Gasteiger partial charge on any atom is 0.233 e. The molecule has 0 fully saturated rings. The van der Waals surface area contributed by atoms with E-state index in [9.17, 15) is 9.59 Å². The van der Waals surface area contributed by atoms with E-state index in [-0.39, 0.29) is 17.3 Å². The molecule has 3 aromatic heterocycles. The Morgan fingerprint density at radius 1 is 0.857 bits per heavy atom. The fourth-order valence-corrected chi connectivity index (χ4v) is 5.75. The second-order valence-electron chi connectivity index (χ2n) is 4.78. The first-order valence-electron chi connectivity index (χ1n) is 6.01. The number of rotatable bonds is 0. The van der Waals surface area contributed by atoms with Crippen LogP contribution in [0.3, 0.4) is 0 Å². The number of fused-ring (bicyclic) bond motifs is 4. The van der Waals surface area contributed by atoms with Crippen LogP contribution in [0, 0.1) is 13.8 Å². The van der Waals surface area contributed by atoms with Crippen LogP contribution < -0.4 is 0 Å². The second-order valence-corrected chi connectivity index (χ2v) is 8.44. The molecule has 0 spiro atoms. The molecule has 4 rings (SSSR count). The Labute approximate surface area is 139 Å². The number of hydrogen-bond donors (Lipinski definition) is 0. The molecule has 0 saturated heterocycles. The summed E-state index contributed by atoms with van der Waals surface area (Å²) in [7, 11) is 0. The highest BCUT2D eigenvalue weighted by Crippen LogP contribution is 2.47. The van der Waals surface area contributed by atoms with E-state index in [1.165, 1.54) is 11.3 Å². The number of halogens is 2. The van der Waals surface area contributed by atoms with Crippen molar-refractivity contribution >= 4 is 65.7 Å². The van der Waals surface area contributed by atoms with E-state index < -0.39 is 0 Å². The molecule has 1 aliphatic carbocycles. The number of hydrogen-bond acceptors (Lipinski definition) is 5. The first kappa shape index (κ1) is 13.5. The number of carbonyl (C=O) groups is 2. The molecular formula is C14H6Br2O4S. The summed E-state index contributed by atoms with van der Waals surface area (Å²) in [5.41, 5.74) is 1.51. The van der Waals surface area contributed by atoms with Gasteiger partial charge in [-0.3, -0.25) is 9.59 Å². The quantitative estimate of drug-likeness (QED) is 0.394. The largest absolute Gasteiger partial charge is 0.465 e. The molecule has 0 aromatic carbocycles. The molecule has 0 unspecified atom stereocenters. The lowest BCUT2D eigenvalue weighted by Gasteiger charge is -2.09. The molecule has 0 bridgehead atoms. The zero-order valence-corrected chi connectivity index (χ0v) is 14.8. The van der Waals surface area contributed by atoms with Gasteiger partial charge in [0.25, 0.3) is 0 Å². The standard InChI is InChI=1S/C14H6Br2O4S/c1-3-5-6(4(2)19-3)10(18)11-7(9(5)17)8-12(20-11)14(16)21-13(8)15/h1-2H3. The Bertz CT molecular complexity index is 973. The monoisotopic (exact) mass is 428 g/mol. The van der Waals surface area contributed by atoms with Gasteiger partial charge in [0.05, 0.1) is 25.9 Å². The molecular weight excluding hydrogens is 424 g/mol. The fourth-order valence-electron chi connectivity index (χ4n) is 2.78. The summed E-state index contributed by atoms with van der Waals surface area (Å²) in [5, 5.41) is 0.643. The molecule has 106 valence electrons. The Hall–Kier alpha value is -1.18. The SMILES string of the molecule is Cc1oc(C)c2c1C(=O)c1oc3c(Br)sc(Br)c3c1C2=O. The summed E-state index contributed by atoms with van der Waals surface area (Å²) < 4.78 is 12.6. The van der Waals surface area contributed by atoms with E-state index >= 15 is 0 Å². The summed E-state index contributed by atoms with van der Waals surface area (Å²) in [5.74, 6) is 0.484. The maximum atomic E-state index is 12.8. The lowest BCUT2D eigenvalue weighted by Crippen LogP contribution is -2.19. The number of furan rings is 2. The molecule has 1 aliphatic rings. The van der Waals surface area contributed by atoms with Crippen molar-refractivity contribution in [2.45, 2.75) is 13.8 Å². The van der Waals surface area contributed by atoms with Crippen molar-refractivity contribution < 1.29 is 18.4 Å². The van der Waals surface area contributed by atoms with Gasteiger partial charge in [-0.05, 0) is 45.7 Å². The van der Waals surface area contributed by atoms with Gasteiger partial charge in [-0.1, -0.05) is 0 Å². The summed E-state index contributed by atoms with van der Waals surface area (Å²) >= 11 is 8.23. The molecule has 0 saturated carbocycles. The third-order valence-corrected chi connectivity index (χ3v) is 6.09. The number of thiophene rings is 1. The van der Waals surface area contributed by atoms with Crippen LogP contribution in [-0.2, 0) is 0 Å². The van der Waals surface area contributed by atoms with E-state index in [4.69, 9.17) is 8.83 Å². The number of aryl methyl sites for hydroxylation is 2. The Kier molecular flexibility index (Phi) is 2.68. The normalized spacial score (nSPS) is 13.9. The van der Waals surface area contributed by atoms with Crippen LogP contribution in [-0.4, -0.2) is 11.6 Å². The molecule has 7 heteroatoms. The fraction of sp³-hybridized carbons (Fsp3) is 0.143. The van der Waals surface area contributed by atoms with Gasteiger partial charge in [0, 0.05) is 0 Å². The summed E-state index contributed by atoms with van der Waals surface area (Å²) in [4.78, 5) is 25.5. The Balaban J connectivity index is 2.16. The third kappa shape index (κ3) is 1.54. The Morgan fingerprint density at radius 2 is 1.48 bits per heavy atom. The van der Waals surface area contributed by atoms with E-state index in [1.807, 2.05) is 0 Å². The van der Waals surface area contributed by atoms with Gasteiger partial charge >= 0.3 is 0 Å². The van der Waals surface area contributed by atoms with Crippen molar-refractivity contribution in [1.82, 2.24) is 0 Å². The molecule has 3 heterocycles. The third-order valence-electron chi connectivity index (χ3n) is 3.61. The maximum absolute atomic E-state index is 12.8. The van der Waals surface area contributed by atoms with Crippen molar-refractivity contribution in [3.8, 4) is 0 Å². The highest BCUT2D eigenvalue weighted by molar-refractivity contribution is 9.12. The molecule has 3 aromatic rings. The van der Waals surface area contributed by atoms with Gasteiger partial charge in [0.15, 0.2) is 11.3 Å². The van der Waals surface area contributed by atoms with Crippen LogP contribution in [0.25, 0.3) is 11.0 Å². The van der Waals surface area contributed by atoms with Gasteiger partial charge in [-0.2, -0.15) is 0 Å². The highest BCUT2D eigenvalue weighted by Gasteiger charge is 2.41. The molecule has 0 radical (unpaired) electrons. The van der Waals surface area contributed by atoms with Crippen LogP contribution in [0.15, 0.2) is 16.4 Å². The molecule has 0 aliphatic heterocycles. The molecule has 0 N–H and O–H groups in total. The predicted octanol–water partition coefficient (Wildman–Crippen LogP) is 5.00. The minimum Gasteiger partial charge on any atom is -0.465 e. The minimum atomic E-state index is -0.297. The average molecular weight is 430 g/mol. The summed E-state index contributed by atoms with van der Waals surface area (Å²) in [6.45, 7) is 3.37. The van der Waals surface area contributed by atoms with Gasteiger partial charge < -0.3 is 8.83 Å².